The van der Waals surface area contributed by atoms with Crippen LogP contribution in [-0.2, 0) is 6.42 Å². The fourth-order valence-corrected chi connectivity index (χ4v) is 7.40. The summed E-state index contributed by atoms with van der Waals surface area (Å²) in [6.45, 7) is 4.03. The number of nitrogens with zero attached hydrogens (tertiary/aromatic N) is 3. The maximum Gasteiger partial charge on any atom is 0.271 e. The molecule has 3 heterocycles. The Labute approximate surface area is 252 Å². The Morgan fingerprint density at radius 1 is 0.953 bits per heavy atom. The summed E-state index contributed by atoms with van der Waals surface area (Å²) in [4.78, 5) is 20.1. The number of thiazole rings is 1. The fourth-order valence-electron chi connectivity index (χ4n) is 6.41. The molecule has 1 unspecified atom stereocenters. The molecule has 2 aliphatic rings. The second-order valence-electron chi connectivity index (χ2n) is 10.9. The van der Waals surface area contributed by atoms with E-state index in [4.69, 9.17) is 14.5 Å². The predicted octanol–water partition coefficient (Wildman–Crippen LogP) is 5.88. The van der Waals surface area contributed by atoms with Crippen LogP contribution in [0.15, 0.2) is 88.2 Å². The number of allylic oxidation sites excluding steroid dienone is 1. The maximum absolute atomic E-state index is 14.3. The van der Waals surface area contributed by atoms with E-state index in [0.29, 0.717) is 20.8 Å². The largest absolute Gasteiger partial charge is 0.493 e. The van der Waals surface area contributed by atoms with Gasteiger partial charge in [0.15, 0.2) is 16.3 Å². The van der Waals surface area contributed by atoms with E-state index in [1.165, 1.54) is 29.0 Å². The molecule has 0 radical (unpaired) electrons. The van der Waals surface area contributed by atoms with Gasteiger partial charge >= 0.3 is 0 Å². The van der Waals surface area contributed by atoms with Crippen LogP contribution in [0.25, 0.3) is 17.5 Å². The Bertz CT molecular complexity index is 2120. The van der Waals surface area contributed by atoms with E-state index in [1.54, 1.807) is 26.4 Å². The maximum atomic E-state index is 14.3. The van der Waals surface area contributed by atoms with Gasteiger partial charge in [-0.15, -0.1) is 0 Å². The lowest BCUT2D eigenvalue weighted by Crippen LogP contribution is -2.38. The van der Waals surface area contributed by atoms with Crippen LogP contribution in [0, 0.1) is 19.7 Å². The molecule has 1 aliphatic heterocycles. The molecule has 1 aliphatic carbocycles. The van der Waals surface area contributed by atoms with Gasteiger partial charge in [0.2, 0.25) is 0 Å². The molecule has 43 heavy (non-hydrogen) atoms. The van der Waals surface area contributed by atoms with E-state index in [1.807, 2.05) is 48.8 Å². The molecule has 0 bridgehead atoms. The Balaban J connectivity index is 1.44. The summed E-state index contributed by atoms with van der Waals surface area (Å²) in [7, 11) is 3.24. The number of methoxy groups -OCH3 is 2. The lowest BCUT2D eigenvalue weighted by atomic mass is 9.83. The predicted molar refractivity (Wildman–Crippen MR) is 167 cm³/mol. The molecule has 6 nitrogen and oxygen atoms in total. The average molecular weight is 592 g/mol. The Hall–Kier alpha value is -4.69. The Morgan fingerprint density at radius 3 is 2.49 bits per heavy atom. The van der Waals surface area contributed by atoms with Crippen molar-refractivity contribution in [2.45, 2.75) is 32.7 Å². The van der Waals surface area contributed by atoms with Gasteiger partial charge in [-0.05, 0) is 97.5 Å². The van der Waals surface area contributed by atoms with Crippen LogP contribution >= 0.6 is 11.3 Å². The third-order valence-electron chi connectivity index (χ3n) is 8.44. The lowest BCUT2D eigenvalue weighted by molar-refractivity contribution is 0.354. The molecule has 216 valence electrons. The fraction of sp³-hybridized carbons (Fsp3) is 0.200. The summed E-state index contributed by atoms with van der Waals surface area (Å²) < 4.78 is 29.3. The summed E-state index contributed by atoms with van der Waals surface area (Å²) >= 11 is 1.40. The number of benzene rings is 3. The topological polar surface area (TPSA) is 57.8 Å². The van der Waals surface area contributed by atoms with Gasteiger partial charge in [-0.3, -0.25) is 9.36 Å². The van der Waals surface area contributed by atoms with Crippen molar-refractivity contribution in [2.24, 2.45) is 4.99 Å². The van der Waals surface area contributed by atoms with E-state index in [0.717, 1.165) is 57.9 Å². The van der Waals surface area contributed by atoms with Gasteiger partial charge in [0, 0.05) is 22.6 Å². The van der Waals surface area contributed by atoms with E-state index < -0.39 is 0 Å². The molecule has 0 fully saturated rings. The Kier molecular flexibility index (Phi) is 6.66. The van der Waals surface area contributed by atoms with Gasteiger partial charge in [0.05, 0.1) is 30.5 Å². The Morgan fingerprint density at radius 2 is 1.72 bits per heavy atom. The third kappa shape index (κ3) is 4.44. The first-order valence-corrected chi connectivity index (χ1v) is 15.0. The zero-order valence-corrected chi connectivity index (χ0v) is 25.2. The number of hydrogen-bond donors (Lipinski definition) is 0. The van der Waals surface area contributed by atoms with Crippen molar-refractivity contribution < 1.29 is 13.9 Å². The average Bonchev–Trinajstić information content (AvgIpc) is 3.49. The molecule has 0 N–H and O–H groups in total. The van der Waals surface area contributed by atoms with Crippen molar-refractivity contribution in [1.29, 1.82) is 0 Å². The summed E-state index contributed by atoms with van der Waals surface area (Å²) in [5, 5.41) is 0. The smallest absolute Gasteiger partial charge is 0.271 e. The molecule has 8 heteroatoms. The number of aryl methyl sites for hydroxylation is 2. The highest BCUT2D eigenvalue weighted by Crippen LogP contribution is 2.42. The van der Waals surface area contributed by atoms with Crippen molar-refractivity contribution in [3.05, 3.63) is 138 Å². The van der Waals surface area contributed by atoms with Gasteiger partial charge in [-0.1, -0.05) is 41.7 Å². The first-order chi connectivity index (χ1) is 20.9. The number of fused-ring (bicyclic) bond motifs is 3. The lowest BCUT2D eigenvalue weighted by Gasteiger charge is -2.31. The van der Waals surface area contributed by atoms with Crippen molar-refractivity contribution in [3.63, 3.8) is 0 Å². The van der Waals surface area contributed by atoms with Crippen molar-refractivity contribution >= 4 is 23.1 Å². The van der Waals surface area contributed by atoms with Crippen LogP contribution in [0.3, 0.4) is 0 Å². The van der Waals surface area contributed by atoms with Crippen molar-refractivity contribution in [2.75, 3.05) is 14.2 Å². The van der Waals surface area contributed by atoms with Crippen molar-refractivity contribution in [1.82, 2.24) is 9.13 Å². The monoisotopic (exact) mass is 591 g/mol. The minimum absolute atomic E-state index is 0.0828. The second kappa shape index (κ2) is 10.5. The number of hydrogen-bond acceptors (Lipinski definition) is 5. The number of halogens is 1. The van der Waals surface area contributed by atoms with E-state index in [9.17, 15) is 9.18 Å². The highest BCUT2D eigenvalue weighted by molar-refractivity contribution is 7.07. The first-order valence-electron chi connectivity index (χ1n) is 14.2. The van der Waals surface area contributed by atoms with E-state index >= 15 is 0 Å². The number of aromatic nitrogens is 2. The zero-order valence-electron chi connectivity index (χ0n) is 24.3. The molecule has 3 aromatic carbocycles. The summed E-state index contributed by atoms with van der Waals surface area (Å²) in [5.74, 6) is 0.978. The van der Waals surface area contributed by atoms with Crippen LogP contribution < -0.4 is 24.4 Å². The first kappa shape index (κ1) is 27.2. The standard InChI is InChI=1S/C35H30FN3O3S/c1-20-17-24(21(2)38(20)26-13-11-25(36)12-14-26)19-31-34(40)39-33(23-10-16-29(41-3)30(18-23)42-4)28-15-9-22-7-5-6-8-27(22)32(28)37-35(39)43-31/h5-8,10-14,16-19,33H,9,15H2,1-4H3/b31-19+. The summed E-state index contributed by atoms with van der Waals surface area (Å²) in [5.41, 5.74) is 9.10. The molecular formula is C35H30FN3O3S. The number of ether oxygens (including phenoxy) is 2. The highest BCUT2D eigenvalue weighted by atomic mass is 32.1. The van der Waals surface area contributed by atoms with Gasteiger partial charge in [-0.25, -0.2) is 9.38 Å². The molecule has 0 saturated carbocycles. The molecule has 2 aromatic heterocycles. The van der Waals surface area contributed by atoms with E-state index in [2.05, 4.69) is 28.8 Å². The molecule has 5 aromatic rings. The number of rotatable bonds is 5. The molecule has 0 amide bonds. The molecule has 0 saturated heterocycles. The summed E-state index contributed by atoms with van der Waals surface area (Å²) in [6, 6.07) is 22.4. The zero-order chi connectivity index (χ0) is 29.8. The molecule has 0 spiro atoms. The van der Waals surface area contributed by atoms with Crippen LogP contribution in [0.1, 0.15) is 46.1 Å². The normalized spacial score (nSPS) is 15.9. The van der Waals surface area contributed by atoms with Crippen LogP contribution in [-0.4, -0.2) is 23.4 Å². The minimum Gasteiger partial charge on any atom is -0.493 e. The van der Waals surface area contributed by atoms with Crippen LogP contribution in [0.4, 0.5) is 4.39 Å². The highest BCUT2D eigenvalue weighted by Gasteiger charge is 2.33. The van der Waals surface area contributed by atoms with Crippen molar-refractivity contribution in [3.8, 4) is 17.2 Å². The van der Waals surface area contributed by atoms with Gasteiger partial charge in [-0.2, -0.15) is 0 Å². The quantitative estimate of drug-likeness (QED) is 0.257. The molecule has 7 rings (SSSR count). The van der Waals surface area contributed by atoms with Gasteiger partial charge in [0.25, 0.3) is 5.56 Å². The van der Waals surface area contributed by atoms with Crippen LogP contribution in [0.2, 0.25) is 0 Å². The van der Waals surface area contributed by atoms with Gasteiger partial charge < -0.3 is 14.0 Å². The second-order valence-corrected chi connectivity index (χ2v) is 11.9. The SMILES string of the molecule is COc1ccc(C2C3=C(N=c4s/c(=C/c5cc(C)n(-c6ccc(F)cc6)c5C)c(=O)n42)c2ccccc2CC3)cc1OC. The third-order valence-corrected chi connectivity index (χ3v) is 9.42. The van der Waals surface area contributed by atoms with E-state index in [-0.39, 0.29) is 17.4 Å². The minimum atomic E-state index is -0.326. The molecular weight excluding hydrogens is 561 g/mol. The molecule has 1 atom stereocenters. The summed E-state index contributed by atoms with van der Waals surface area (Å²) in [6.07, 6.45) is 3.64. The van der Waals surface area contributed by atoms with Crippen LogP contribution in [0.5, 0.6) is 11.5 Å². The van der Waals surface area contributed by atoms with Gasteiger partial charge in [0.1, 0.15) is 5.82 Å².